The van der Waals surface area contributed by atoms with Gasteiger partial charge in [-0.15, -0.1) is 0 Å². The van der Waals surface area contributed by atoms with Crippen molar-refractivity contribution in [1.82, 2.24) is 4.31 Å². The van der Waals surface area contributed by atoms with Crippen molar-refractivity contribution in [2.45, 2.75) is 16.3 Å². The lowest BCUT2D eigenvalue weighted by Gasteiger charge is -2.32. The Labute approximate surface area is 219 Å². The van der Waals surface area contributed by atoms with Gasteiger partial charge in [0.15, 0.2) is 23.0 Å². The summed E-state index contributed by atoms with van der Waals surface area (Å²) < 4.78 is 55.1. The number of benzene rings is 3. The molecule has 0 atom stereocenters. The number of carbonyl (C=O) groups is 1. The zero-order valence-corrected chi connectivity index (χ0v) is 21.1. The van der Waals surface area contributed by atoms with Crippen molar-refractivity contribution in [1.29, 1.82) is 0 Å². The molecule has 0 aliphatic carbocycles. The number of fused-ring (bicyclic) bond motifs is 3. The fourth-order valence-electron chi connectivity index (χ4n) is 4.06. The average molecular weight is 562 g/mol. The minimum atomic E-state index is -4.24. The number of ether oxygens (including phenoxy) is 5. The molecule has 190 valence electrons. The molecule has 0 saturated carbocycles. The van der Waals surface area contributed by atoms with Crippen molar-refractivity contribution in [2.75, 3.05) is 13.6 Å². The average Bonchev–Trinajstić information content (AvgIpc) is 3.52. The summed E-state index contributed by atoms with van der Waals surface area (Å²) in [5.41, 5.74) is 0.669. The molecule has 0 bridgehead atoms. The highest BCUT2D eigenvalue weighted by Gasteiger charge is 2.40. The number of hydrogen-bond donors (Lipinski definition) is 1. The summed E-state index contributed by atoms with van der Waals surface area (Å²) in [5.74, 6) is 1.55. The quantitative estimate of drug-likeness (QED) is 0.420. The fraction of sp³-hybridized carbons (Fsp3) is 0.125. The Bertz CT molecular complexity index is 1590. The molecule has 37 heavy (non-hydrogen) atoms. The largest absolute Gasteiger partial charge is 0.512 e. The van der Waals surface area contributed by atoms with Gasteiger partial charge in [0.2, 0.25) is 19.5 Å². The molecule has 0 aromatic heterocycles. The number of nitrogens with zero attached hydrogens (tertiary/aromatic N) is 1. The molecule has 3 aliphatic heterocycles. The number of thioether (sulfide) groups is 1. The molecule has 0 unspecified atom stereocenters. The lowest BCUT2D eigenvalue weighted by Crippen LogP contribution is -2.36. The van der Waals surface area contributed by atoms with Crippen LogP contribution in [0.3, 0.4) is 0 Å². The molecule has 3 aliphatic rings. The number of carboxylic acid groups (broad SMARTS) is 1. The van der Waals surface area contributed by atoms with Gasteiger partial charge in [0.25, 0.3) is 10.0 Å². The number of hydrogen-bond acceptors (Lipinski definition) is 9. The fourth-order valence-corrected chi connectivity index (χ4v) is 7.06. The molecular formula is C24H16ClNO9S2. The molecule has 1 N–H and O–H groups in total. The second-order valence-corrected chi connectivity index (χ2v) is 11.2. The molecule has 3 aromatic carbocycles. The zero-order chi connectivity index (χ0) is 25.7. The van der Waals surface area contributed by atoms with Gasteiger partial charge < -0.3 is 28.8 Å². The lowest BCUT2D eigenvalue weighted by atomic mass is 10.2. The highest BCUT2D eigenvalue weighted by Crippen LogP contribution is 2.48. The van der Waals surface area contributed by atoms with E-state index < -0.39 is 16.2 Å². The smallest absolute Gasteiger partial charge is 0.454 e. The monoisotopic (exact) mass is 561 g/mol. The Morgan fingerprint density at radius 3 is 2.41 bits per heavy atom. The van der Waals surface area contributed by atoms with Gasteiger partial charge in [-0.1, -0.05) is 41.6 Å². The van der Waals surface area contributed by atoms with Crippen LogP contribution in [-0.4, -0.2) is 37.6 Å². The Balaban J connectivity index is 1.50. The van der Waals surface area contributed by atoms with E-state index >= 15 is 0 Å². The minimum Gasteiger partial charge on any atom is -0.454 e. The van der Waals surface area contributed by atoms with Crippen LogP contribution in [0.4, 0.5) is 4.79 Å². The summed E-state index contributed by atoms with van der Waals surface area (Å²) in [6.45, 7) is -0.223. The molecular weight excluding hydrogens is 546 g/mol. The van der Waals surface area contributed by atoms with E-state index in [1.807, 2.05) is 0 Å². The normalized spacial score (nSPS) is 16.5. The predicted octanol–water partition coefficient (Wildman–Crippen LogP) is 5.11. The lowest BCUT2D eigenvalue weighted by molar-refractivity contribution is 0.101. The third-order valence-electron chi connectivity index (χ3n) is 5.72. The van der Waals surface area contributed by atoms with E-state index in [9.17, 15) is 18.3 Å². The SMILES string of the molecule is O=C(O)OC1=C(Sc2ccc3c(c2)OCO3)c2ccccc2S(=O)(=O)N1Cc1cc2c(cc1Cl)OCO2. The third kappa shape index (κ3) is 4.16. The van der Waals surface area contributed by atoms with Gasteiger partial charge in [0.05, 0.1) is 16.3 Å². The Kier molecular flexibility index (Phi) is 5.74. The van der Waals surface area contributed by atoms with Gasteiger partial charge in [0.1, 0.15) is 0 Å². The summed E-state index contributed by atoms with van der Waals surface area (Å²) in [4.78, 5) is 12.7. The van der Waals surface area contributed by atoms with Crippen molar-refractivity contribution in [3.8, 4) is 23.0 Å². The first-order valence-corrected chi connectivity index (χ1v) is 13.4. The zero-order valence-electron chi connectivity index (χ0n) is 18.7. The molecule has 0 fully saturated rings. The Morgan fingerprint density at radius 2 is 1.65 bits per heavy atom. The van der Waals surface area contributed by atoms with E-state index in [1.54, 1.807) is 42.5 Å². The number of rotatable bonds is 5. The second kappa shape index (κ2) is 8.98. The van der Waals surface area contributed by atoms with Crippen molar-refractivity contribution >= 4 is 44.4 Å². The van der Waals surface area contributed by atoms with Crippen LogP contribution in [0.5, 0.6) is 23.0 Å². The van der Waals surface area contributed by atoms with E-state index in [0.29, 0.717) is 39.0 Å². The summed E-state index contributed by atoms with van der Waals surface area (Å²) in [6, 6.07) is 14.6. The highest BCUT2D eigenvalue weighted by molar-refractivity contribution is 8.08. The van der Waals surface area contributed by atoms with E-state index in [1.165, 1.54) is 12.1 Å². The first-order valence-electron chi connectivity index (χ1n) is 10.7. The summed E-state index contributed by atoms with van der Waals surface area (Å²) in [5, 5.41) is 9.79. The van der Waals surface area contributed by atoms with Crippen LogP contribution in [-0.2, 0) is 21.3 Å². The molecule has 0 spiro atoms. The van der Waals surface area contributed by atoms with Gasteiger partial charge >= 0.3 is 6.16 Å². The van der Waals surface area contributed by atoms with E-state index in [2.05, 4.69) is 0 Å². The Hall–Kier alpha value is -3.74. The van der Waals surface area contributed by atoms with Crippen molar-refractivity contribution in [2.24, 2.45) is 0 Å². The van der Waals surface area contributed by atoms with Gasteiger partial charge in [-0.3, -0.25) is 0 Å². The van der Waals surface area contributed by atoms with Crippen LogP contribution in [0.2, 0.25) is 5.02 Å². The first kappa shape index (κ1) is 23.6. The predicted molar refractivity (Wildman–Crippen MR) is 131 cm³/mol. The topological polar surface area (TPSA) is 121 Å². The van der Waals surface area contributed by atoms with Gasteiger partial charge in [-0.2, -0.15) is 0 Å². The van der Waals surface area contributed by atoms with E-state index in [-0.39, 0.29) is 40.8 Å². The maximum atomic E-state index is 13.8. The van der Waals surface area contributed by atoms with Crippen LogP contribution in [0.25, 0.3) is 4.91 Å². The van der Waals surface area contributed by atoms with Crippen LogP contribution >= 0.6 is 23.4 Å². The summed E-state index contributed by atoms with van der Waals surface area (Å²) in [7, 11) is -4.24. The Morgan fingerprint density at radius 1 is 0.973 bits per heavy atom. The first-order chi connectivity index (χ1) is 17.8. The van der Waals surface area contributed by atoms with Crippen molar-refractivity contribution in [3.63, 3.8) is 0 Å². The van der Waals surface area contributed by atoms with E-state index in [0.717, 1.165) is 16.1 Å². The van der Waals surface area contributed by atoms with E-state index in [4.69, 9.17) is 35.3 Å². The molecule has 0 radical (unpaired) electrons. The van der Waals surface area contributed by atoms with Crippen molar-refractivity contribution in [3.05, 3.63) is 76.6 Å². The maximum Gasteiger partial charge on any atom is 0.512 e. The second-order valence-electron chi connectivity index (χ2n) is 7.92. The maximum absolute atomic E-state index is 13.8. The molecule has 3 heterocycles. The molecule has 10 nitrogen and oxygen atoms in total. The molecule has 13 heteroatoms. The van der Waals surface area contributed by atoms with Gasteiger partial charge in [0, 0.05) is 21.5 Å². The molecule has 6 rings (SSSR count). The van der Waals surface area contributed by atoms with Crippen LogP contribution in [0.15, 0.2) is 70.3 Å². The standard InChI is InChI=1S/C24H16ClNO9S2/c25-16-9-20-18(32-12-34-20)7-13(16)10-26-23(35-24(27)28)22(15-3-1-2-4-21(15)37(26,29)30)36-14-5-6-17-19(8-14)33-11-31-17/h1-9H,10-12H2,(H,27,28). The minimum absolute atomic E-state index is 0.00662. The number of sulfonamides is 1. The van der Waals surface area contributed by atoms with Crippen LogP contribution in [0, 0.1) is 0 Å². The van der Waals surface area contributed by atoms with Crippen molar-refractivity contribution < 1.29 is 42.0 Å². The highest BCUT2D eigenvalue weighted by atomic mass is 35.5. The van der Waals surface area contributed by atoms with Gasteiger partial charge in [-0.25, -0.2) is 17.5 Å². The summed E-state index contributed by atoms with van der Waals surface area (Å²) in [6.07, 6.45) is -1.67. The molecule has 0 amide bonds. The molecule has 3 aromatic rings. The van der Waals surface area contributed by atoms with Crippen LogP contribution < -0.4 is 18.9 Å². The summed E-state index contributed by atoms with van der Waals surface area (Å²) >= 11 is 7.57. The third-order valence-corrected chi connectivity index (χ3v) is 8.95. The molecule has 0 saturated heterocycles. The van der Waals surface area contributed by atoms with Gasteiger partial charge in [-0.05, 0) is 35.9 Å². The van der Waals surface area contributed by atoms with Crippen LogP contribution in [0.1, 0.15) is 11.1 Å². The number of halogens is 1.